The second-order valence-corrected chi connectivity index (χ2v) is 1.82. The molecule has 54 valence electrons. The van der Waals surface area contributed by atoms with Gasteiger partial charge in [-0.05, 0) is 6.92 Å². The van der Waals surface area contributed by atoms with Gasteiger partial charge in [0.05, 0.1) is 0 Å². The van der Waals surface area contributed by atoms with Crippen molar-refractivity contribution >= 4 is 11.7 Å². The summed E-state index contributed by atoms with van der Waals surface area (Å²) in [5, 5.41) is 11.7. The van der Waals surface area contributed by atoms with E-state index in [2.05, 4.69) is 9.68 Å². The first-order chi connectivity index (χ1) is 4.63. The number of carbonyl (C=O) groups is 1. The molecule has 0 spiro atoms. The summed E-state index contributed by atoms with van der Waals surface area (Å²) >= 11 is 0. The Hall–Kier alpha value is -1.52. The lowest BCUT2D eigenvalue weighted by molar-refractivity contribution is 0.0653. The minimum atomic E-state index is -1.20. The zero-order chi connectivity index (χ0) is 7.72. The summed E-state index contributed by atoms with van der Waals surface area (Å²) < 4.78 is 4.38. The highest BCUT2D eigenvalue weighted by Gasteiger charge is 2.15. The van der Waals surface area contributed by atoms with Gasteiger partial charge in [0.15, 0.2) is 0 Å². The van der Waals surface area contributed by atoms with Crippen LogP contribution in [0.5, 0.6) is 0 Å². The zero-order valence-electron chi connectivity index (χ0n) is 5.29. The third kappa shape index (κ3) is 0.812. The molecular formula is C5H6N2O3. The largest absolute Gasteiger partial charge is 0.475 e. The van der Waals surface area contributed by atoms with E-state index in [1.165, 1.54) is 0 Å². The van der Waals surface area contributed by atoms with Crippen LogP contribution in [0.15, 0.2) is 4.52 Å². The summed E-state index contributed by atoms with van der Waals surface area (Å²) in [4.78, 5) is 10.2. The fourth-order valence-corrected chi connectivity index (χ4v) is 0.531. The van der Waals surface area contributed by atoms with Gasteiger partial charge in [0.2, 0.25) is 0 Å². The predicted octanol–water partition coefficient (Wildman–Crippen LogP) is 0.263. The van der Waals surface area contributed by atoms with Gasteiger partial charge in [0, 0.05) is 0 Å². The van der Waals surface area contributed by atoms with E-state index < -0.39 is 5.97 Å². The van der Waals surface area contributed by atoms with Crippen LogP contribution in [0.25, 0.3) is 0 Å². The first-order valence-corrected chi connectivity index (χ1v) is 2.58. The number of hydrogen-bond donors (Lipinski definition) is 2. The van der Waals surface area contributed by atoms with Crippen molar-refractivity contribution in [3.8, 4) is 0 Å². The minimum Gasteiger partial charge on any atom is -0.475 e. The van der Waals surface area contributed by atoms with Crippen LogP contribution in [0.4, 0.5) is 5.69 Å². The Labute approximate surface area is 56.4 Å². The number of rotatable bonds is 1. The summed E-state index contributed by atoms with van der Waals surface area (Å²) in [5.41, 5.74) is 5.76. The zero-order valence-corrected chi connectivity index (χ0v) is 5.29. The third-order valence-electron chi connectivity index (χ3n) is 1.10. The molecule has 0 bridgehead atoms. The molecule has 0 aromatic carbocycles. The second kappa shape index (κ2) is 2.02. The van der Waals surface area contributed by atoms with Crippen LogP contribution >= 0.6 is 0 Å². The maximum atomic E-state index is 10.2. The van der Waals surface area contributed by atoms with Crippen LogP contribution in [0, 0.1) is 6.92 Å². The van der Waals surface area contributed by atoms with Gasteiger partial charge in [0.25, 0.3) is 5.76 Å². The number of carboxylic acids is 1. The van der Waals surface area contributed by atoms with Crippen LogP contribution in [0.2, 0.25) is 0 Å². The van der Waals surface area contributed by atoms with Gasteiger partial charge in [-0.1, -0.05) is 5.16 Å². The summed E-state index contributed by atoms with van der Waals surface area (Å²) in [5.74, 6) is -1.49. The van der Waals surface area contributed by atoms with Gasteiger partial charge >= 0.3 is 5.97 Å². The van der Waals surface area contributed by atoms with Crippen molar-refractivity contribution in [1.29, 1.82) is 0 Å². The summed E-state index contributed by atoms with van der Waals surface area (Å²) in [6, 6.07) is 0. The van der Waals surface area contributed by atoms with Gasteiger partial charge in [0.1, 0.15) is 11.4 Å². The van der Waals surface area contributed by atoms with Crippen molar-refractivity contribution in [2.24, 2.45) is 0 Å². The van der Waals surface area contributed by atoms with Gasteiger partial charge in [-0.2, -0.15) is 0 Å². The molecule has 1 aromatic heterocycles. The Morgan fingerprint density at radius 1 is 1.80 bits per heavy atom. The van der Waals surface area contributed by atoms with Gasteiger partial charge < -0.3 is 15.4 Å². The molecule has 0 saturated heterocycles. The molecule has 5 heteroatoms. The normalized spacial score (nSPS) is 9.70. The van der Waals surface area contributed by atoms with Crippen LogP contribution < -0.4 is 5.73 Å². The standard InChI is InChI=1S/C5H6N2O3/c1-2-3(6)4(5(8)9)10-7-2/h6H2,1H3,(H,8,9). The van der Waals surface area contributed by atoms with E-state index >= 15 is 0 Å². The fourth-order valence-electron chi connectivity index (χ4n) is 0.531. The number of hydrogen-bond acceptors (Lipinski definition) is 4. The molecule has 0 aliphatic heterocycles. The molecule has 5 nitrogen and oxygen atoms in total. The monoisotopic (exact) mass is 142 g/mol. The molecule has 10 heavy (non-hydrogen) atoms. The van der Waals surface area contributed by atoms with Gasteiger partial charge in [-0.25, -0.2) is 4.79 Å². The third-order valence-corrected chi connectivity index (χ3v) is 1.10. The van der Waals surface area contributed by atoms with E-state index in [1.54, 1.807) is 6.92 Å². The minimum absolute atomic E-state index is 0.0903. The maximum Gasteiger partial charge on any atom is 0.376 e. The van der Waals surface area contributed by atoms with E-state index in [0.717, 1.165) is 0 Å². The number of anilines is 1. The summed E-state index contributed by atoms with van der Waals surface area (Å²) in [7, 11) is 0. The average molecular weight is 142 g/mol. The van der Waals surface area contributed by atoms with E-state index in [-0.39, 0.29) is 11.4 Å². The topological polar surface area (TPSA) is 89.3 Å². The molecule has 0 aliphatic carbocycles. The lowest BCUT2D eigenvalue weighted by atomic mass is 10.3. The fraction of sp³-hybridized carbons (Fsp3) is 0.200. The van der Waals surface area contributed by atoms with Crippen molar-refractivity contribution in [3.63, 3.8) is 0 Å². The molecule has 0 atom stereocenters. The molecule has 1 heterocycles. The summed E-state index contributed by atoms with van der Waals surface area (Å²) in [6.45, 7) is 1.57. The molecule has 0 amide bonds. The Morgan fingerprint density at radius 2 is 2.40 bits per heavy atom. The number of nitrogen functional groups attached to an aromatic ring is 1. The van der Waals surface area contributed by atoms with E-state index in [4.69, 9.17) is 10.8 Å². The number of carboxylic acid groups (broad SMARTS) is 1. The van der Waals surface area contributed by atoms with Crippen LogP contribution in [-0.2, 0) is 0 Å². The number of aromatic carboxylic acids is 1. The number of aryl methyl sites for hydroxylation is 1. The molecule has 0 radical (unpaired) electrons. The molecule has 0 fully saturated rings. The lowest BCUT2D eigenvalue weighted by Crippen LogP contribution is -1.98. The molecule has 1 aromatic rings. The highest BCUT2D eigenvalue weighted by atomic mass is 16.5. The molecular weight excluding hydrogens is 136 g/mol. The van der Waals surface area contributed by atoms with Crippen LogP contribution in [0.1, 0.15) is 16.2 Å². The summed E-state index contributed by atoms with van der Waals surface area (Å²) in [6.07, 6.45) is 0. The first-order valence-electron chi connectivity index (χ1n) is 2.58. The van der Waals surface area contributed by atoms with Crippen molar-refractivity contribution < 1.29 is 14.4 Å². The number of aromatic nitrogens is 1. The van der Waals surface area contributed by atoms with Crippen molar-refractivity contribution in [2.45, 2.75) is 6.92 Å². The van der Waals surface area contributed by atoms with Gasteiger partial charge in [-0.15, -0.1) is 0 Å². The van der Waals surface area contributed by atoms with Crippen LogP contribution in [-0.4, -0.2) is 16.2 Å². The first kappa shape index (κ1) is 6.60. The van der Waals surface area contributed by atoms with E-state index in [0.29, 0.717) is 5.69 Å². The second-order valence-electron chi connectivity index (χ2n) is 1.82. The Kier molecular flexibility index (Phi) is 1.33. The number of nitrogens with two attached hydrogens (primary N) is 1. The quantitative estimate of drug-likeness (QED) is 0.587. The van der Waals surface area contributed by atoms with Crippen molar-refractivity contribution in [1.82, 2.24) is 5.16 Å². The maximum absolute atomic E-state index is 10.2. The van der Waals surface area contributed by atoms with Crippen molar-refractivity contribution in [2.75, 3.05) is 5.73 Å². The Morgan fingerprint density at radius 3 is 2.60 bits per heavy atom. The predicted molar refractivity (Wildman–Crippen MR) is 32.6 cm³/mol. The smallest absolute Gasteiger partial charge is 0.376 e. The van der Waals surface area contributed by atoms with Crippen LogP contribution in [0.3, 0.4) is 0 Å². The molecule has 0 aliphatic rings. The SMILES string of the molecule is Cc1noc(C(=O)O)c1N. The Bertz CT molecular complexity index is 266. The van der Waals surface area contributed by atoms with Gasteiger partial charge in [-0.3, -0.25) is 0 Å². The Balaban J connectivity index is 3.17. The average Bonchev–Trinajstić information content (AvgIpc) is 2.14. The van der Waals surface area contributed by atoms with E-state index in [1.807, 2.05) is 0 Å². The highest BCUT2D eigenvalue weighted by molar-refractivity contribution is 5.90. The molecule has 3 N–H and O–H groups in total. The molecule has 1 rings (SSSR count). The molecule has 0 saturated carbocycles. The van der Waals surface area contributed by atoms with E-state index in [9.17, 15) is 4.79 Å². The number of nitrogens with zero attached hydrogens (tertiary/aromatic N) is 1. The molecule has 0 unspecified atom stereocenters. The van der Waals surface area contributed by atoms with Crippen molar-refractivity contribution in [3.05, 3.63) is 11.5 Å². The lowest BCUT2D eigenvalue weighted by Gasteiger charge is -1.85. The highest BCUT2D eigenvalue weighted by Crippen LogP contribution is 2.14.